The number of nitrogens with zero attached hydrogens (tertiary/aromatic N) is 2. The van der Waals surface area contributed by atoms with Crippen molar-refractivity contribution in [3.8, 4) is 0 Å². The summed E-state index contributed by atoms with van der Waals surface area (Å²) in [5, 5.41) is 4.60. The molecular formula is C19H23N3OS2. The van der Waals surface area contributed by atoms with Gasteiger partial charge in [0.2, 0.25) is 5.91 Å². The first-order chi connectivity index (χ1) is 12.2. The molecular weight excluding hydrogens is 350 g/mol. The van der Waals surface area contributed by atoms with Gasteiger partial charge in [-0.15, -0.1) is 11.8 Å². The van der Waals surface area contributed by atoms with Crippen LogP contribution in [0.5, 0.6) is 0 Å². The van der Waals surface area contributed by atoms with Crippen LogP contribution < -0.4 is 5.32 Å². The lowest BCUT2D eigenvalue weighted by molar-refractivity contribution is -0.119. The number of thioether (sulfide) groups is 2. The second kappa shape index (κ2) is 9.25. The molecule has 0 bridgehead atoms. The van der Waals surface area contributed by atoms with Crippen LogP contribution in [-0.2, 0) is 4.79 Å². The number of nitrogens with one attached hydrogen (secondary N) is 1. The number of amides is 1. The quantitative estimate of drug-likeness (QED) is 0.610. The molecule has 0 aliphatic heterocycles. The average Bonchev–Trinajstić information content (AvgIpc) is 2.64. The Morgan fingerprint density at radius 3 is 2.56 bits per heavy atom. The summed E-state index contributed by atoms with van der Waals surface area (Å²) in [6.45, 7) is 2.08. The Balaban J connectivity index is 1.38. The van der Waals surface area contributed by atoms with Crippen LogP contribution in [0, 0.1) is 6.92 Å². The molecule has 1 aliphatic carbocycles. The van der Waals surface area contributed by atoms with Crippen molar-refractivity contribution in [1.29, 1.82) is 0 Å². The van der Waals surface area contributed by atoms with E-state index >= 15 is 0 Å². The third kappa shape index (κ3) is 5.75. The van der Waals surface area contributed by atoms with Gasteiger partial charge < -0.3 is 5.32 Å². The van der Waals surface area contributed by atoms with Crippen molar-refractivity contribution in [3.05, 3.63) is 48.3 Å². The van der Waals surface area contributed by atoms with Crippen molar-refractivity contribution in [2.75, 3.05) is 5.75 Å². The van der Waals surface area contributed by atoms with Crippen LogP contribution in [0.4, 0.5) is 0 Å². The van der Waals surface area contributed by atoms with Crippen LogP contribution in [0.1, 0.15) is 31.2 Å². The molecule has 0 unspecified atom stereocenters. The van der Waals surface area contributed by atoms with E-state index in [0.29, 0.717) is 17.0 Å². The largest absolute Gasteiger partial charge is 0.353 e. The van der Waals surface area contributed by atoms with Gasteiger partial charge in [-0.1, -0.05) is 30.0 Å². The fourth-order valence-corrected chi connectivity index (χ4v) is 4.84. The standard InChI is InChI=1S/C19H23N3OS2/c1-14-5-2-3-6-17(14)24-13-18(23)22-15-7-9-16(10-8-15)25-19-20-11-4-12-21-19/h2-6,11-12,15-16H,7-10,13H2,1H3,(H,22,23). The summed E-state index contributed by atoms with van der Waals surface area (Å²) in [5.41, 5.74) is 1.22. The van der Waals surface area contributed by atoms with Crippen LogP contribution in [0.15, 0.2) is 52.8 Å². The molecule has 6 heteroatoms. The molecule has 1 saturated carbocycles. The Bertz CT molecular complexity index is 688. The fraction of sp³-hybridized carbons (Fsp3) is 0.421. The summed E-state index contributed by atoms with van der Waals surface area (Å²) in [7, 11) is 0. The van der Waals surface area contributed by atoms with Gasteiger partial charge >= 0.3 is 0 Å². The van der Waals surface area contributed by atoms with Crippen LogP contribution in [0.2, 0.25) is 0 Å². The van der Waals surface area contributed by atoms with Crippen molar-refractivity contribution in [1.82, 2.24) is 15.3 Å². The van der Waals surface area contributed by atoms with E-state index in [-0.39, 0.29) is 5.91 Å². The van der Waals surface area contributed by atoms with E-state index in [0.717, 1.165) is 30.8 Å². The highest BCUT2D eigenvalue weighted by molar-refractivity contribution is 8.00. The van der Waals surface area contributed by atoms with Crippen LogP contribution >= 0.6 is 23.5 Å². The molecule has 0 radical (unpaired) electrons. The maximum atomic E-state index is 12.2. The lowest BCUT2D eigenvalue weighted by Crippen LogP contribution is -2.39. The summed E-state index contributed by atoms with van der Waals surface area (Å²) >= 11 is 3.37. The molecule has 1 fully saturated rings. The third-order valence-electron chi connectivity index (χ3n) is 4.31. The molecule has 2 aromatic rings. The zero-order valence-corrected chi connectivity index (χ0v) is 16.0. The zero-order chi connectivity index (χ0) is 17.5. The number of aromatic nitrogens is 2. The second-order valence-corrected chi connectivity index (χ2v) is 8.53. The topological polar surface area (TPSA) is 54.9 Å². The van der Waals surface area contributed by atoms with E-state index in [4.69, 9.17) is 0 Å². The van der Waals surface area contributed by atoms with Gasteiger partial charge in [0.1, 0.15) is 0 Å². The Hall–Kier alpha value is -1.53. The van der Waals surface area contributed by atoms with E-state index in [2.05, 4.69) is 34.3 Å². The number of aryl methyl sites for hydroxylation is 1. The Morgan fingerprint density at radius 1 is 1.12 bits per heavy atom. The van der Waals surface area contributed by atoms with E-state index in [1.807, 2.05) is 18.2 Å². The molecule has 1 N–H and O–H groups in total. The van der Waals surface area contributed by atoms with Crippen molar-refractivity contribution in [2.45, 2.75) is 54.0 Å². The number of rotatable bonds is 6. The van der Waals surface area contributed by atoms with Crippen LogP contribution in [-0.4, -0.2) is 32.9 Å². The van der Waals surface area contributed by atoms with E-state index in [1.165, 1.54) is 10.5 Å². The van der Waals surface area contributed by atoms with Gasteiger partial charge in [-0.05, 0) is 50.3 Å². The first-order valence-corrected chi connectivity index (χ1v) is 10.5. The lowest BCUT2D eigenvalue weighted by Gasteiger charge is -2.28. The molecule has 132 valence electrons. The number of carbonyl (C=O) groups excluding carboxylic acids is 1. The molecule has 1 amide bonds. The molecule has 1 aliphatic rings. The number of hydrogen-bond donors (Lipinski definition) is 1. The molecule has 4 nitrogen and oxygen atoms in total. The highest BCUT2D eigenvalue weighted by Crippen LogP contribution is 2.32. The monoisotopic (exact) mass is 373 g/mol. The zero-order valence-electron chi connectivity index (χ0n) is 14.4. The predicted molar refractivity (Wildman–Crippen MR) is 104 cm³/mol. The maximum absolute atomic E-state index is 12.2. The summed E-state index contributed by atoms with van der Waals surface area (Å²) in [6.07, 6.45) is 7.83. The van der Waals surface area contributed by atoms with E-state index in [9.17, 15) is 4.79 Å². The summed E-state index contributed by atoms with van der Waals surface area (Å²) < 4.78 is 0. The highest BCUT2D eigenvalue weighted by atomic mass is 32.2. The molecule has 1 heterocycles. The summed E-state index contributed by atoms with van der Waals surface area (Å²) in [5.74, 6) is 0.618. The number of carbonyl (C=O) groups is 1. The van der Waals surface area contributed by atoms with Crippen LogP contribution in [0.3, 0.4) is 0 Å². The molecule has 0 atom stereocenters. The van der Waals surface area contributed by atoms with Gasteiger partial charge in [0.25, 0.3) is 0 Å². The van der Waals surface area contributed by atoms with Crippen molar-refractivity contribution >= 4 is 29.4 Å². The first kappa shape index (κ1) is 18.3. The van der Waals surface area contributed by atoms with Gasteiger partial charge in [0.15, 0.2) is 5.16 Å². The number of benzene rings is 1. The van der Waals surface area contributed by atoms with Gasteiger partial charge in [0.05, 0.1) is 5.75 Å². The van der Waals surface area contributed by atoms with Crippen molar-refractivity contribution < 1.29 is 4.79 Å². The first-order valence-electron chi connectivity index (χ1n) is 8.62. The Kier molecular flexibility index (Phi) is 6.76. The highest BCUT2D eigenvalue weighted by Gasteiger charge is 2.23. The minimum atomic E-state index is 0.135. The molecule has 0 saturated heterocycles. The average molecular weight is 374 g/mol. The smallest absolute Gasteiger partial charge is 0.230 e. The third-order valence-corrected chi connectivity index (χ3v) is 6.71. The van der Waals surface area contributed by atoms with Crippen LogP contribution in [0.25, 0.3) is 0 Å². The van der Waals surface area contributed by atoms with E-state index in [1.54, 1.807) is 35.9 Å². The molecule has 0 spiro atoms. The number of hydrogen-bond acceptors (Lipinski definition) is 5. The minimum absolute atomic E-state index is 0.135. The Morgan fingerprint density at radius 2 is 1.84 bits per heavy atom. The minimum Gasteiger partial charge on any atom is -0.353 e. The van der Waals surface area contributed by atoms with Gasteiger partial charge in [-0.2, -0.15) is 0 Å². The molecule has 3 rings (SSSR count). The lowest BCUT2D eigenvalue weighted by atomic mass is 9.95. The normalized spacial score (nSPS) is 20.2. The predicted octanol–water partition coefficient (Wildman–Crippen LogP) is 4.10. The van der Waals surface area contributed by atoms with Gasteiger partial charge in [-0.25, -0.2) is 9.97 Å². The maximum Gasteiger partial charge on any atom is 0.230 e. The summed E-state index contributed by atoms with van der Waals surface area (Å²) in [4.78, 5) is 22.0. The van der Waals surface area contributed by atoms with Crippen molar-refractivity contribution in [2.24, 2.45) is 0 Å². The second-order valence-electron chi connectivity index (χ2n) is 6.24. The van der Waals surface area contributed by atoms with Crippen molar-refractivity contribution in [3.63, 3.8) is 0 Å². The van der Waals surface area contributed by atoms with E-state index < -0.39 is 0 Å². The Labute approximate surface area is 157 Å². The SMILES string of the molecule is Cc1ccccc1SCC(=O)NC1CCC(Sc2ncccn2)CC1. The fourth-order valence-electron chi connectivity index (χ4n) is 2.95. The summed E-state index contributed by atoms with van der Waals surface area (Å²) in [6, 6.07) is 10.3. The molecule has 25 heavy (non-hydrogen) atoms. The molecule has 1 aromatic carbocycles. The van der Waals surface area contributed by atoms with Gasteiger partial charge in [-0.3, -0.25) is 4.79 Å². The molecule has 1 aromatic heterocycles. The van der Waals surface area contributed by atoms with Gasteiger partial charge in [0, 0.05) is 28.6 Å².